The summed E-state index contributed by atoms with van der Waals surface area (Å²) in [5.41, 5.74) is 0.0199. The fourth-order valence-electron chi connectivity index (χ4n) is 1.01. The summed E-state index contributed by atoms with van der Waals surface area (Å²) in [4.78, 5) is 0. The number of halogens is 1. The molecule has 0 heterocycles. The van der Waals surface area contributed by atoms with Crippen molar-refractivity contribution >= 4 is 22.6 Å². The Kier molecular flexibility index (Phi) is 6.79. The summed E-state index contributed by atoms with van der Waals surface area (Å²) >= 11 is 2.09. The molecular weight excluding hydrogens is 275 g/mol. The van der Waals surface area contributed by atoms with Gasteiger partial charge >= 0.3 is 0 Å². The molecule has 0 aromatic carbocycles. The minimum absolute atomic E-state index is 0.0199. The van der Waals surface area contributed by atoms with Crippen molar-refractivity contribution in [2.75, 3.05) is 7.11 Å². The van der Waals surface area contributed by atoms with E-state index >= 15 is 0 Å². The fraction of sp³-hybridized carbons (Fsp3) is 0.818. The molecule has 0 aromatic heterocycles. The summed E-state index contributed by atoms with van der Waals surface area (Å²) in [6, 6.07) is 0. The van der Waals surface area contributed by atoms with E-state index in [9.17, 15) is 0 Å². The summed E-state index contributed by atoms with van der Waals surface area (Å²) in [6.07, 6.45) is 3.29. The van der Waals surface area contributed by atoms with Gasteiger partial charge in [0.05, 0.1) is 5.60 Å². The molecule has 0 aliphatic carbocycles. The van der Waals surface area contributed by atoms with Gasteiger partial charge in [-0.05, 0) is 36.5 Å². The molecule has 0 rings (SSSR count). The fourth-order valence-corrected chi connectivity index (χ4v) is 1.23. The van der Waals surface area contributed by atoms with Crippen molar-refractivity contribution in [1.29, 1.82) is 0 Å². The van der Waals surface area contributed by atoms with Crippen LogP contribution in [0.5, 0.6) is 0 Å². The van der Waals surface area contributed by atoms with Gasteiger partial charge in [0, 0.05) is 36.1 Å². The first-order chi connectivity index (χ1) is 6.02. The Labute approximate surface area is 95.8 Å². The average molecular weight is 294 g/mol. The van der Waals surface area contributed by atoms with Crippen molar-refractivity contribution in [1.82, 2.24) is 0 Å². The molecule has 1 unspecified atom stereocenters. The first kappa shape index (κ1) is 13.2. The second-order valence-electron chi connectivity index (χ2n) is 4.08. The second-order valence-corrected chi connectivity index (χ2v) is 4.62. The van der Waals surface area contributed by atoms with E-state index in [4.69, 9.17) is 4.74 Å². The molecule has 0 N–H and O–H groups in total. The van der Waals surface area contributed by atoms with E-state index in [1.807, 2.05) is 0 Å². The molecule has 0 amide bonds. The predicted molar refractivity (Wildman–Crippen MR) is 65.9 cm³/mol. The minimum atomic E-state index is 0.0199. The Morgan fingerprint density at radius 2 is 2.08 bits per heavy atom. The van der Waals surface area contributed by atoms with E-state index in [1.54, 1.807) is 7.11 Å². The van der Waals surface area contributed by atoms with Gasteiger partial charge in [0.1, 0.15) is 0 Å². The lowest BCUT2D eigenvalue weighted by Crippen LogP contribution is -2.22. The van der Waals surface area contributed by atoms with Crippen LogP contribution in [0.15, 0.2) is 0 Å². The molecule has 0 saturated carbocycles. The molecule has 13 heavy (non-hydrogen) atoms. The highest BCUT2D eigenvalue weighted by Gasteiger charge is 2.16. The Hall–Kier alpha value is 0.250. The largest absolute Gasteiger partial charge is 0.379 e. The smallest absolute Gasteiger partial charge is 0.0622 e. The van der Waals surface area contributed by atoms with Gasteiger partial charge in [-0.1, -0.05) is 12.8 Å². The molecule has 0 bridgehead atoms. The molecule has 0 aliphatic rings. The van der Waals surface area contributed by atoms with Crippen LogP contribution in [-0.2, 0) is 4.74 Å². The van der Waals surface area contributed by atoms with Crippen LogP contribution in [0.1, 0.15) is 40.0 Å². The van der Waals surface area contributed by atoms with E-state index in [2.05, 4.69) is 53.2 Å². The first-order valence-electron chi connectivity index (χ1n) is 4.65. The van der Waals surface area contributed by atoms with Crippen LogP contribution in [-0.4, -0.2) is 12.7 Å². The summed E-state index contributed by atoms with van der Waals surface area (Å²) in [5.74, 6) is 3.78. The third kappa shape index (κ3) is 7.33. The Balaban J connectivity index is 3.67. The summed E-state index contributed by atoms with van der Waals surface area (Å²) < 4.78 is 8.25. The second kappa shape index (κ2) is 6.67. The van der Waals surface area contributed by atoms with Crippen molar-refractivity contribution in [3.05, 3.63) is 0 Å². The third-order valence-electron chi connectivity index (χ3n) is 2.31. The normalized spacial score (nSPS) is 13.3. The van der Waals surface area contributed by atoms with Crippen molar-refractivity contribution < 1.29 is 4.74 Å². The number of rotatable bonds is 5. The molecule has 0 saturated heterocycles. The van der Waals surface area contributed by atoms with E-state index in [1.165, 1.54) is 6.42 Å². The summed E-state index contributed by atoms with van der Waals surface area (Å²) in [7, 11) is 1.77. The van der Waals surface area contributed by atoms with Crippen LogP contribution in [0.2, 0.25) is 0 Å². The maximum Gasteiger partial charge on any atom is 0.0622 e. The van der Waals surface area contributed by atoms with Crippen molar-refractivity contribution in [3.63, 3.8) is 0 Å². The lowest BCUT2D eigenvalue weighted by molar-refractivity contribution is 0.0110. The van der Waals surface area contributed by atoms with Gasteiger partial charge in [0.15, 0.2) is 0 Å². The maximum absolute atomic E-state index is 5.36. The Morgan fingerprint density at radius 3 is 2.54 bits per heavy atom. The zero-order valence-corrected chi connectivity index (χ0v) is 11.1. The Morgan fingerprint density at radius 1 is 1.46 bits per heavy atom. The molecule has 0 spiro atoms. The summed E-state index contributed by atoms with van der Waals surface area (Å²) in [5, 5.41) is 0. The van der Waals surface area contributed by atoms with Gasteiger partial charge < -0.3 is 4.74 Å². The molecule has 2 heteroatoms. The van der Waals surface area contributed by atoms with Gasteiger partial charge in [-0.15, -0.1) is 0 Å². The highest BCUT2D eigenvalue weighted by molar-refractivity contribution is 14.1. The van der Waals surface area contributed by atoms with Gasteiger partial charge in [0.25, 0.3) is 0 Å². The lowest BCUT2D eigenvalue weighted by atomic mass is 9.94. The SMILES string of the molecule is COC(C)(C)CCC(C)CC#CI. The van der Waals surface area contributed by atoms with E-state index in [-0.39, 0.29) is 5.60 Å². The van der Waals surface area contributed by atoms with Crippen LogP contribution in [0.25, 0.3) is 0 Å². The van der Waals surface area contributed by atoms with Crippen molar-refractivity contribution in [2.24, 2.45) is 5.92 Å². The number of hydrogen-bond acceptors (Lipinski definition) is 1. The number of ether oxygens (including phenoxy) is 1. The summed E-state index contributed by atoms with van der Waals surface area (Å²) in [6.45, 7) is 6.50. The number of hydrogen-bond donors (Lipinski definition) is 0. The Bertz CT molecular complexity index is 188. The van der Waals surface area contributed by atoms with Gasteiger partial charge in [-0.25, -0.2) is 0 Å². The van der Waals surface area contributed by atoms with E-state index in [0.717, 1.165) is 12.8 Å². The predicted octanol–water partition coefficient (Wildman–Crippen LogP) is 3.61. The molecule has 1 atom stereocenters. The molecule has 0 fully saturated rings. The highest BCUT2D eigenvalue weighted by atomic mass is 127. The first-order valence-corrected chi connectivity index (χ1v) is 5.73. The number of methoxy groups -OCH3 is 1. The van der Waals surface area contributed by atoms with Crippen LogP contribution in [0.4, 0.5) is 0 Å². The minimum Gasteiger partial charge on any atom is -0.379 e. The molecule has 0 aliphatic heterocycles. The van der Waals surface area contributed by atoms with Crippen LogP contribution in [0, 0.1) is 15.8 Å². The standard InChI is InChI=1S/C11H19IO/c1-10(6-5-9-12)7-8-11(2,3)13-4/h10H,6-8H2,1-4H3. The monoisotopic (exact) mass is 294 g/mol. The van der Waals surface area contributed by atoms with Gasteiger partial charge in [0.2, 0.25) is 0 Å². The zero-order chi connectivity index (χ0) is 10.3. The van der Waals surface area contributed by atoms with Gasteiger partial charge in [-0.2, -0.15) is 0 Å². The van der Waals surface area contributed by atoms with Gasteiger partial charge in [-0.3, -0.25) is 0 Å². The average Bonchev–Trinajstić information content (AvgIpc) is 2.11. The van der Waals surface area contributed by atoms with Crippen LogP contribution >= 0.6 is 22.6 Å². The van der Waals surface area contributed by atoms with Crippen molar-refractivity contribution in [3.8, 4) is 9.85 Å². The molecule has 1 nitrogen and oxygen atoms in total. The van der Waals surface area contributed by atoms with E-state index in [0.29, 0.717) is 5.92 Å². The van der Waals surface area contributed by atoms with Crippen molar-refractivity contribution in [2.45, 2.75) is 45.6 Å². The zero-order valence-electron chi connectivity index (χ0n) is 8.98. The van der Waals surface area contributed by atoms with Crippen LogP contribution in [0.3, 0.4) is 0 Å². The maximum atomic E-state index is 5.36. The van der Waals surface area contributed by atoms with E-state index < -0.39 is 0 Å². The molecule has 0 radical (unpaired) electrons. The molecule has 0 aromatic rings. The third-order valence-corrected chi connectivity index (χ3v) is 2.69. The quantitative estimate of drug-likeness (QED) is 0.556. The van der Waals surface area contributed by atoms with Crippen LogP contribution < -0.4 is 0 Å². The molecule has 76 valence electrons. The highest BCUT2D eigenvalue weighted by Crippen LogP contribution is 2.20. The molecular formula is C11H19IO. The lowest BCUT2D eigenvalue weighted by Gasteiger charge is -2.24. The topological polar surface area (TPSA) is 9.23 Å².